The van der Waals surface area contributed by atoms with Crippen LogP contribution in [0, 0.1) is 0 Å². The first-order valence-corrected chi connectivity index (χ1v) is 6.46. The summed E-state index contributed by atoms with van der Waals surface area (Å²) in [7, 11) is 0. The van der Waals surface area contributed by atoms with Crippen molar-refractivity contribution >= 4 is 23.8 Å². The first-order valence-electron chi connectivity index (χ1n) is 6.46. The Morgan fingerprint density at radius 2 is 1.71 bits per heavy atom. The molecule has 0 saturated heterocycles. The molecule has 1 heterocycles. The van der Waals surface area contributed by atoms with Gasteiger partial charge in [0, 0.05) is 25.1 Å². The number of ether oxygens (including phenoxy) is 1. The highest BCUT2D eigenvalue weighted by molar-refractivity contribution is 6.13. The molecule has 0 spiro atoms. The third kappa shape index (κ3) is 6.07. The van der Waals surface area contributed by atoms with Crippen molar-refractivity contribution in [2.75, 3.05) is 13.2 Å². The van der Waals surface area contributed by atoms with Gasteiger partial charge in [-0.2, -0.15) is 0 Å². The molecule has 8 heteroatoms. The van der Waals surface area contributed by atoms with E-state index in [1.807, 2.05) is 0 Å². The second kappa shape index (κ2) is 6.87. The lowest BCUT2D eigenvalue weighted by Crippen LogP contribution is -2.41. The molecule has 0 unspecified atom stereocenters. The molecule has 2 N–H and O–H groups in total. The summed E-state index contributed by atoms with van der Waals surface area (Å²) in [5, 5.41) is 4.80. The predicted octanol–water partition coefficient (Wildman–Crippen LogP) is -0.100. The fourth-order valence-corrected chi connectivity index (χ4v) is 1.48. The number of hydrogen-bond acceptors (Lipinski definition) is 5. The molecule has 0 atom stereocenters. The van der Waals surface area contributed by atoms with Crippen LogP contribution in [0.15, 0.2) is 12.2 Å². The predicted molar refractivity (Wildman–Crippen MR) is 72.9 cm³/mol. The number of imide groups is 1. The van der Waals surface area contributed by atoms with Gasteiger partial charge in [-0.3, -0.25) is 19.3 Å². The lowest BCUT2D eigenvalue weighted by atomic mass is 10.2. The number of alkyl carbamates (subject to hydrolysis) is 1. The van der Waals surface area contributed by atoms with Gasteiger partial charge in [0.05, 0.1) is 6.67 Å². The van der Waals surface area contributed by atoms with Gasteiger partial charge in [-0.25, -0.2) is 4.79 Å². The molecule has 21 heavy (non-hydrogen) atoms. The minimum absolute atomic E-state index is 0.00291. The molecular formula is C13H19N3O5. The summed E-state index contributed by atoms with van der Waals surface area (Å²) in [6.07, 6.45) is 1.64. The molecule has 1 aliphatic heterocycles. The van der Waals surface area contributed by atoms with Gasteiger partial charge in [0.15, 0.2) is 0 Å². The van der Waals surface area contributed by atoms with Crippen molar-refractivity contribution < 1.29 is 23.9 Å². The Bertz CT molecular complexity index is 461. The molecule has 1 aliphatic rings. The van der Waals surface area contributed by atoms with Crippen molar-refractivity contribution in [1.29, 1.82) is 0 Å². The summed E-state index contributed by atoms with van der Waals surface area (Å²) >= 11 is 0. The molecule has 0 bridgehead atoms. The van der Waals surface area contributed by atoms with Crippen molar-refractivity contribution in [2.45, 2.75) is 32.8 Å². The second-order valence-corrected chi connectivity index (χ2v) is 5.37. The zero-order valence-electron chi connectivity index (χ0n) is 12.3. The van der Waals surface area contributed by atoms with Gasteiger partial charge in [0.2, 0.25) is 5.91 Å². The molecule has 8 nitrogen and oxygen atoms in total. The maximum absolute atomic E-state index is 11.5. The van der Waals surface area contributed by atoms with Crippen LogP contribution in [0.4, 0.5) is 4.79 Å². The zero-order valence-corrected chi connectivity index (χ0v) is 12.3. The van der Waals surface area contributed by atoms with Crippen LogP contribution in [0.2, 0.25) is 0 Å². The lowest BCUT2D eigenvalue weighted by Gasteiger charge is -2.19. The third-order valence-corrected chi connectivity index (χ3v) is 2.38. The Balaban J connectivity index is 2.19. The molecule has 0 radical (unpaired) electrons. The number of nitrogens with one attached hydrogen (secondary N) is 2. The number of hydrogen-bond donors (Lipinski definition) is 2. The first kappa shape index (κ1) is 16.7. The summed E-state index contributed by atoms with van der Waals surface area (Å²) in [5.41, 5.74) is -0.614. The van der Waals surface area contributed by atoms with E-state index in [1.165, 1.54) is 0 Å². The average Bonchev–Trinajstić information content (AvgIpc) is 2.64. The summed E-state index contributed by atoms with van der Waals surface area (Å²) in [6.45, 7) is 5.09. The third-order valence-electron chi connectivity index (χ3n) is 2.38. The summed E-state index contributed by atoms with van der Waals surface area (Å²) in [4.78, 5) is 46.3. The van der Waals surface area contributed by atoms with Gasteiger partial charge >= 0.3 is 6.09 Å². The van der Waals surface area contributed by atoms with Crippen LogP contribution in [0.5, 0.6) is 0 Å². The molecule has 0 aromatic heterocycles. The van der Waals surface area contributed by atoms with E-state index in [0.29, 0.717) is 0 Å². The van der Waals surface area contributed by atoms with Crippen molar-refractivity contribution in [3.05, 3.63) is 12.2 Å². The molecule has 0 aromatic carbocycles. The molecule has 0 saturated carbocycles. The van der Waals surface area contributed by atoms with Crippen LogP contribution < -0.4 is 10.6 Å². The summed E-state index contributed by atoms with van der Waals surface area (Å²) in [5.74, 6) is -1.25. The van der Waals surface area contributed by atoms with Gasteiger partial charge in [0.1, 0.15) is 5.60 Å². The van der Waals surface area contributed by atoms with Crippen LogP contribution in [-0.4, -0.2) is 47.5 Å². The Morgan fingerprint density at radius 1 is 1.14 bits per heavy atom. The van der Waals surface area contributed by atoms with Crippen molar-refractivity contribution in [3.63, 3.8) is 0 Å². The second-order valence-electron chi connectivity index (χ2n) is 5.37. The topological polar surface area (TPSA) is 105 Å². The Morgan fingerprint density at radius 3 is 2.24 bits per heavy atom. The molecule has 0 fully saturated rings. The fourth-order valence-electron chi connectivity index (χ4n) is 1.48. The maximum Gasteiger partial charge on any atom is 0.409 e. The van der Waals surface area contributed by atoms with E-state index < -0.39 is 29.4 Å². The van der Waals surface area contributed by atoms with E-state index in [9.17, 15) is 19.2 Å². The van der Waals surface area contributed by atoms with Gasteiger partial charge in [-0.05, 0) is 20.8 Å². The number of rotatable bonds is 5. The van der Waals surface area contributed by atoms with E-state index in [0.717, 1.165) is 17.1 Å². The minimum atomic E-state index is -0.642. The van der Waals surface area contributed by atoms with Gasteiger partial charge in [0.25, 0.3) is 11.8 Å². The highest BCUT2D eigenvalue weighted by Crippen LogP contribution is 2.06. The van der Waals surface area contributed by atoms with Crippen molar-refractivity contribution in [2.24, 2.45) is 0 Å². The largest absolute Gasteiger partial charge is 0.444 e. The van der Waals surface area contributed by atoms with E-state index in [-0.39, 0.29) is 19.6 Å². The lowest BCUT2D eigenvalue weighted by molar-refractivity contribution is -0.137. The van der Waals surface area contributed by atoms with Crippen molar-refractivity contribution in [3.8, 4) is 0 Å². The van der Waals surface area contributed by atoms with Crippen LogP contribution in [0.1, 0.15) is 27.2 Å². The Labute approximate surface area is 122 Å². The normalized spacial score (nSPS) is 14.3. The van der Waals surface area contributed by atoms with Crippen LogP contribution in [0.25, 0.3) is 0 Å². The number of amides is 4. The number of carbonyl (C=O) groups is 4. The SMILES string of the molecule is CC(C)(C)OC(=O)NCNC(=O)CCN1C(=O)C=CC1=O. The van der Waals surface area contributed by atoms with Gasteiger partial charge in [-0.1, -0.05) is 0 Å². The molecule has 0 aromatic rings. The summed E-state index contributed by atoms with van der Waals surface area (Å²) < 4.78 is 4.98. The van der Waals surface area contributed by atoms with Crippen LogP contribution in [-0.2, 0) is 19.1 Å². The zero-order chi connectivity index (χ0) is 16.0. The van der Waals surface area contributed by atoms with Crippen LogP contribution in [0.3, 0.4) is 0 Å². The number of carbonyl (C=O) groups excluding carboxylic acids is 4. The fraction of sp³-hybridized carbons (Fsp3) is 0.538. The van der Waals surface area contributed by atoms with Crippen LogP contribution >= 0.6 is 0 Å². The Kier molecular flexibility index (Phi) is 5.45. The van der Waals surface area contributed by atoms with E-state index in [2.05, 4.69) is 10.6 Å². The van der Waals surface area contributed by atoms with Gasteiger partial charge < -0.3 is 15.4 Å². The highest BCUT2D eigenvalue weighted by atomic mass is 16.6. The van der Waals surface area contributed by atoms with E-state index >= 15 is 0 Å². The Hall–Kier alpha value is -2.38. The monoisotopic (exact) mass is 297 g/mol. The molecular weight excluding hydrogens is 278 g/mol. The summed E-state index contributed by atoms with van der Waals surface area (Å²) in [6, 6.07) is 0. The number of nitrogens with zero attached hydrogens (tertiary/aromatic N) is 1. The first-order chi connectivity index (χ1) is 9.69. The molecule has 4 amide bonds. The standard InChI is InChI=1S/C13H19N3O5/c1-13(2,3)21-12(20)15-8-14-9(17)6-7-16-10(18)4-5-11(16)19/h4-5H,6-8H2,1-3H3,(H,14,17)(H,15,20). The van der Waals surface area contributed by atoms with E-state index in [1.54, 1.807) is 20.8 Å². The molecule has 1 rings (SSSR count). The molecule has 116 valence electrons. The average molecular weight is 297 g/mol. The minimum Gasteiger partial charge on any atom is -0.444 e. The van der Waals surface area contributed by atoms with E-state index in [4.69, 9.17) is 4.74 Å². The quantitative estimate of drug-likeness (QED) is 0.544. The maximum atomic E-state index is 11.5. The van der Waals surface area contributed by atoms with Gasteiger partial charge in [-0.15, -0.1) is 0 Å². The van der Waals surface area contributed by atoms with Crippen molar-refractivity contribution in [1.82, 2.24) is 15.5 Å². The molecule has 0 aliphatic carbocycles. The highest BCUT2D eigenvalue weighted by Gasteiger charge is 2.23. The smallest absolute Gasteiger partial charge is 0.409 e.